The molecule has 0 saturated carbocycles. The Balaban J connectivity index is 2.38. The monoisotopic (exact) mass is 399 g/mol. The second-order valence-electron chi connectivity index (χ2n) is 3.74. The van der Waals surface area contributed by atoms with Crippen LogP contribution < -0.4 is 4.72 Å². The third-order valence-corrected chi connectivity index (χ3v) is 5.10. The summed E-state index contributed by atoms with van der Waals surface area (Å²) >= 11 is 14.6. The summed E-state index contributed by atoms with van der Waals surface area (Å²) in [5.41, 5.74) is 0.190. The van der Waals surface area contributed by atoms with Gasteiger partial charge in [0.2, 0.25) is 0 Å². The fourth-order valence-electron chi connectivity index (χ4n) is 1.43. The molecule has 0 unspecified atom stereocenters. The molecule has 0 spiro atoms. The Kier molecular flexibility index (Phi) is 4.66. The molecule has 0 radical (unpaired) electrons. The number of sulfonamides is 1. The number of anilines is 1. The van der Waals surface area contributed by atoms with Crippen LogP contribution in [0.2, 0.25) is 10.0 Å². The van der Waals surface area contributed by atoms with Crippen LogP contribution in [0.25, 0.3) is 0 Å². The maximum Gasteiger partial charge on any atom is 0.266 e. The number of aliphatic hydroxyl groups is 1. The van der Waals surface area contributed by atoms with Gasteiger partial charge >= 0.3 is 0 Å². The van der Waals surface area contributed by atoms with E-state index in [1.54, 1.807) is 0 Å². The Labute approximate surface area is 133 Å². The van der Waals surface area contributed by atoms with Crippen molar-refractivity contribution >= 4 is 54.8 Å². The van der Waals surface area contributed by atoms with E-state index in [0.717, 1.165) is 0 Å². The molecule has 2 N–H and O–H groups in total. The van der Waals surface area contributed by atoms with Gasteiger partial charge < -0.3 is 9.52 Å². The van der Waals surface area contributed by atoms with E-state index in [9.17, 15) is 8.42 Å². The van der Waals surface area contributed by atoms with Gasteiger partial charge in [-0.15, -0.1) is 0 Å². The molecule has 0 amide bonds. The first-order chi connectivity index (χ1) is 9.33. The van der Waals surface area contributed by atoms with Crippen molar-refractivity contribution in [3.63, 3.8) is 0 Å². The standard InChI is InChI=1S/C11H8BrCl2NO4S/c12-11-10(4-7(5-16)19-11)20(17,18)15-9-2-1-6(13)3-8(9)14/h1-4,15-16H,5H2. The molecule has 5 nitrogen and oxygen atoms in total. The van der Waals surface area contributed by atoms with Crippen molar-refractivity contribution < 1.29 is 17.9 Å². The van der Waals surface area contributed by atoms with Gasteiger partial charge in [-0.05, 0) is 34.1 Å². The highest BCUT2D eigenvalue weighted by atomic mass is 79.9. The van der Waals surface area contributed by atoms with Crippen molar-refractivity contribution in [1.82, 2.24) is 0 Å². The normalized spacial score (nSPS) is 11.6. The summed E-state index contributed by atoms with van der Waals surface area (Å²) in [6.07, 6.45) is 0. The Hall–Kier alpha value is -0.730. The van der Waals surface area contributed by atoms with Crippen LogP contribution in [-0.4, -0.2) is 13.5 Å². The molecule has 0 aliphatic rings. The van der Waals surface area contributed by atoms with E-state index < -0.39 is 16.6 Å². The van der Waals surface area contributed by atoms with E-state index in [4.69, 9.17) is 32.7 Å². The van der Waals surface area contributed by atoms with Crippen LogP contribution in [0.5, 0.6) is 0 Å². The quantitative estimate of drug-likeness (QED) is 0.820. The van der Waals surface area contributed by atoms with Gasteiger partial charge in [0.1, 0.15) is 17.3 Å². The number of rotatable bonds is 4. The predicted molar refractivity (Wildman–Crippen MR) is 79.6 cm³/mol. The van der Waals surface area contributed by atoms with Gasteiger partial charge in [-0.3, -0.25) is 4.72 Å². The molecule has 0 atom stereocenters. The second-order valence-corrected chi connectivity index (χ2v) is 6.95. The molecular formula is C11H8BrCl2NO4S. The van der Waals surface area contributed by atoms with Crippen LogP contribution in [0, 0.1) is 0 Å². The summed E-state index contributed by atoms with van der Waals surface area (Å²) in [6, 6.07) is 5.60. The number of halogens is 3. The predicted octanol–water partition coefficient (Wildman–Crippen LogP) is 3.64. The van der Waals surface area contributed by atoms with Gasteiger partial charge in [0.25, 0.3) is 10.0 Å². The average Bonchev–Trinajstić information content (AvgIpc) is 2.75. The maximum atomic E-state index is 12.2. The molecular weight excluding hydrogens is 393 g/mol. The van der Waals surface area contributed by atoms with Crippen LogP contribution in [0.1, 0.15) is 5.76 Å². The summed E-state index contributed by atoms with van der Waals surface area (Å²) in [4.78, 5) is -0.132. The zero-order chi connectivity index (χ0) is 14.9. The minimum absolute atomic E-state index is 0.000800. The first kappa shape index (κ1) is 15.7. The fraction of sp³-hybridized carbons (Fsp3) is 0.0909. The molecule has 2 aromatic rings. The molecule has 9 heteroatoms. The van der Waals surface area contributed by atoms with Crippen molar-refractivity contribution in [3.05, 3.63) is 44.7 Å². The summed E-state index contributed by atoms with van der Waals surface area (Å²) in [5, 5.41) is 9.50. The molecule has 2 rings (SSSR count). The number of furan rings is 1. The van der Waals surface area contributed by atoms with Crippen molar-refractivity contribution in [2.24, 2.45) is 0 Å². The molecule has 0 bridgehead atoms. The van der Waals surface area contributed by atoms with Crippen molar-refractivity contribution in [3.8, 4) is 0 Å². The Morgan fingerprint density at radius 2 is 2.00 bits per heavy atom. The molecule has 1 aromatic carbocycles. The smallest absolute Gasteiger partial charge is 0.266 e. The van der Waals surface area contributed by atoms with Gasteiger partial charge in [-0.1, -0.05) is 23.2 Å². The molecule has 0 saturated heterocycles. The third kappa shape index (κ3) is 3.29. The van der Waals surface area contributed by atoms with Crippen molar-refractivity contribution in [2.45, 2.75) is 11.5 Å². The Bertz CT molecular complexity index is 745. The Morgan fingerprint density at radius 3 is 2.55 bits per heavy atom. The lowest BCUT2D eigenvalue weighted by Gasteiger charge is -2.08. The average molecular weight is 401 g/mol. The number of nitrogens with one attached hydrogen (secondary N) is 1. The van der Waals surface area contributed by atoms with Crippen molar-refractivity contribution in [2.75, 3.05) is 4.72 Å². The lowest BCUT2D eigenvalue weighted by Crippen LogP contribution is -2.13. The van der Waals surface area contributed by atoms with E-state index in [1.807, 2.05) is 0 Å². The summed E-state index contributed by atoms with van der Waals surface area (Å²) in [6.45, 7) is -0.407. The molecule has 0 aliphatic carbocycles. The summed E-state index contributed by atoms with van der Waals surface area (Å²) in [5.74, 6) is 0.124. The van der Waals surface area contributed by atoms with Gasteiger partial charge in [-0.2, -0.15) is 0 Å². The highest BCUT2D eigenvalue weighted by Crippen LogP contribution is 2.31. The second kappa shape index (κ2) is 5.95. The topological polar surface area (TPSA) is 79.5 Å². The zero-order valence-corrected chi connectivity index (χ0v) is 13.6. The minimum Gasteiger partial charge on any atom is -0.450 e. The third-order valence-electron chi connectivity index (χ3n) is 2.33. The zero-order valence-electron chi connectivity index (χ0n) is 9.73. The largest absolute Gasteiger partial charge is 0.450 e. The van der Waals surface area contributed by atoms with Crippen LogP contribution in [0.3, 0.4) is 0 Å². The van der Waals surface area contributed by atoms with E-state index in [0.29, 0.717) is 5.02 Å². The Morgan fingerprint density at radius 1 is 1.30 bits per heavy atom. The van der Waals surface area contributed by atoms with E-state index >= 15 is 0 Å². The number of benzene rings is 1. The number of hydrogen-bond donors (Lipinski definition) is 2. The van der Waals surface area contributed by atoms with Crippen LogP contribution in [-0.2, 0) is 16.6 Å². The van der Waals surface area contributed by atoms with E-state index in [2.05, 4.69) is 20.7 Å². The first-order valence-electron chi connectivity index (χ1n) is 5.20. The van der Waals surface area contributed by atoms with Gasteiger partial charge in [0.05, 0.1) is 10.7 Å². The summed E-state index contributed by atoms with van der Waals surface area (Å²) in [7, 11) is -3.90. The van der Waals surface area contributed by atoms with Crippen LogP contribution in [0.15, 0.2) is 38.2 Å². The number of aliphatic hydroxyl groups excluding tert-OH is 1. The van der Waals surface area contributed by atoms with Gasteiger partial charge in [0.15, 0.2) is 4.67 Å². The molecule has 1 aromatic heterocycles. The minimum atomic E-state index is -3.90. The maximum absolute atomic E-state index is 12.2. The van der Waals surface area contributed by atoms with Crippen molar-refractivity contribution in [1.29, 1.82) is 0 Å². The molecule has 20 heavy (non-hydrogen) atoms. The molecule has 108 valence electrons. The number of hydrogen-bond acceptors (Lipinski definition) is 4. The fourth-order valence-corrected chi connectivity index (χ4v) is 4.02. The lowest BCUT2D eigenvalue weighted by molar-refractivity contribution is 0.245. The van der Waals surface area contributed by atoms with Crippen LogP contribution >= 0.6 is 39.1 Å². The lowest BCUT2D eigenvalue weighted by atomic mass is 10.3. The SMILES string of the molecule is O=S(=O)(Nc1ccc(Cl)cc1Cl)c1cc(CO)oc1Br. The van der Waals surface area contributed by atoms with Gasteiger partial charge in [-0.25, -0.2) is 8.42 Å². The van der Waals surface area contributed by atoms with Crippen LogP contribution in [0.4, 0.5) is 5.69 Å². The highest BCUT2D eigenvalue weighted by molar-refractivity contribution is 9.10. The van der Waals surface area contributed by atoms with E-state index in [-0.39, 0.29) is 26.0 Å². The van der Waals surface area contributed by atoms with Gasteiger partial charge in [0, 0.05) is 11.1 Å². The molecule has 0 fully saturated rings. The highest BCUT2D eigenvalue weighted by Gasteiger charge is 2.23. The molecule has 1 heterocycles. The first-order valence-corrected chi connectivity index (χ1v) is 8.23. The summed E-state index contributed by atoms with van der Waals surface area (Å²) < 4.78 is 31.8. The molecule has 0 aliphatic heterocycles. The van der Waals surface area contributed by atoms with E-state index in [1.165, 1.54) is 24.3 Å².